The van der Waals surface area contributed by atoms with E-state index in [4.69, 9.17) is 5.26 Å². The van der Waals surface area contributed by atoms with Crippen LogP contribution in [-0.2, 0) is 0 Å². The summed E-state index contributed by atoms with van der Waals surface area (Å²) in [4.78, 5) is 12.6. The van der Waals surface area contributed by atoms with E-state index in [-0.39, 0.29) is 6.54 Å². The number of nitrogens with one attached hydrogen (secondary N) is 2. The summed E-state index contributed by atoms with van der Waals surface area (Å²) in [5.41, 5.74) is 1.87. The van der Waals surface area contributed by atoms with Crippen LogP contribution in [0.3, 0.4) is 0 Å². The minimum Gasteiger partial charge on any atom is -0.385 e. The number of hydrogen-bond acceptors (Lipinski definition) is 7. The second-order valence-corrected chi connectivity index (χ2v) is 5.23. The molecule has 0 saturated heterocycles. The lowest BCUT2D eigenvalue weighted by molar-refractivity contribution is 0.186. The molecule has 7 nitrogen and oxygen atoms in total. The first-order valence-corrected chi connectivity index (χ1v) is 7.68. The maximum Gasteiger partial charge on any atom is 0.229 e. The van der Waals surface area contributed by atoms with Gasteiger partial charge in [0.25, 0.3) is 0 Å². The van der Waals surface area contributed by atoms with Crippen molar-refractivity contribution in [1.29, 1.82) is 5.26 Å². The van der Waals surface area contributed by atoms with Crippen LogP contribution >= 0.6 is 0 Å². The Morgan fingerprint density at radius 2 is 2.00 bits per heavy atom. The number of aliphatic hydroxyl groups is 1. The molecule has 0 spiro atoms. The molecule has 0 saturated carbocycles. The third-order valence-corrected chi connectivity index (χ3v) is 3.41. The lowest BCUT2D eigenvalue weighted by atomic mass is 10.2. The van der Waals surface area contributed by atoms with Gasteiger partial charge in [0.1, 0.15) is 11.9 Å². The number of aromatic nitrogens is 3. The summed E-state index contributed by atoms with van der Waals surface area (Å²) in [5.74, 6) is 0.969. The lowest BCUT2D eigenvalue weighted by Crippen LogP contribution is -2.14. The van der Waals surface area contributed by atoms with Gasteiger partial charge in [0, 0.05) is 24.6 Å². The fourth-order valence-electron chi connectivity index (χ4n) is 2.19. The molecule has 3 aromatic rings. The van der Waals surface area contributed by atoms with Crippen LogP contribution in [0.15, 0.2) is 60.9 Å². The first-order valence-electron chi connectivity index (χ1n) is 7.68. The molecule has 124 valence electrons. The first-order chi connectivity index (χ1) is 12.2. The summed E-state index contributed by atoms with van der Waals surface area (Å²) in [6, 6.07) is 16.2. The minimum absolute atomic E-state index is 0.275. The smallest absolute Gasteiger partial charge is 0.229 e. The topological polar surface area (TPSA) is 107 Å². The molecule has 1 unspecified atom stereocenters. The quantitative estimate of drug-likeness (QED) is 0.637. The standard InChI is InChI=1S/C18H16N6O/c19-11-13-4-3-5-14(10-13)23-18-21-9-7-17(24-18)22-12-16(25)15-6-1-2-8-20-15/h1-10,16,25H,12H2,(H2,21,22,23,24). The van der Waals surface area contributed by atoms with Crippen LogP contribution in [0.2, 0.25) is 0 Å². The van der Waals surface area contributed by atoms with Gasteiger partial charge in [-0.05, 0) is 36.4 Å². The van der Waals surface area contributed by atoms with Gasteiger partial charge in [0.15, 0.2) is 0 Å². The Balaban J connectivity index is 1.64. The highest BCUT2D eigenvalue weighted by Crippen LogP contribution is 2.16. The van der Waals surface area contributed by atoms with Crippen LogP contribution in [0, 0.1) is 11.3 Å². The highest BCUT2D eigenvalue weighted by molar-refractivity contribution is 5.57. The summed E-state index contributed by atoms with van der Waals surface area (Å²) in [6.07, 6.45) is 2.51. The van der Waals surface area contributed by atoms with Crippen molar-refractivity contribution in [3.8, 4) is 6.07 Å². The van der Waals surface area contributed by atoms with Crippen molar-refractivity contribution in [2.75, 3.05) is 17.2 Å². The molecular weight excluding hydrogens is 316 g/mol. The second kappa shape index (κ2) is 7.86. The minimum atomic E-state index is -0.736. The van der Waals surface area contributed by atoms with E-state index in [1.54, 1.807) is 48.8 Å². The Labute approximate surface area is 145 Å². The zero-order valence-corrected chi connectivity index (χ0v) is 13.3. The number of benzene rings is 1. The van der Waals surface area contributed by atoms with Crippen LogP contribution in [0.1, 0.15) is 17.4 Å². The van der Waals surface area contributed by atoms with Gasteiger partial charge in [-0.3, -0.25) is 4.98 Å². The maximum absolute atomic E-state index is 10.1. The van der Waals surface area contributed by atoms with E-state index in [1.165, 1.54) is 0 Å². The van der Waals surface area contributed by atoms with Gasteiger partial charge < -0.3 is 15.7 Å². The molecule has 0 aliphatic carbocycles. The number of rotatable bonds is 6. The van der Waals surface area contributed by atoms with Gasteiger partial charge in [0.2, 0.25) is 5.95 Å². The molecule has 3 rings (SSSR count). The Kier molecular flexibility index (Phi) is 5.14. The van der Waals surface area contributed by atoms with E-state index < -0.39 is 6.10 Å². The molecule has 7 heteroatoms. The summed E-state index contributed by atoms with van der Waals surface area (Å²) >= 11 is 0. The average molecular weight is 332 g/mol. The number of anilines is 3. The largest absolute Gasteiger partial charge is 0.385 e. The van der Waals surface area contributed by atoms with Crippen LogP contribution < -0.4 is 10.6 Å². The van der Waals surface area contributed by atoms with Crippen molar-refractivity contribution in [3.05, 3.63) is 72.2 Å². The third-order valence-electron chi connectivity index (χ3n) is 3.41. The van der Waals surface area contributed by atoms with E-state index in [9.17, 15) is 5.11 Å². The molecule has 0 aliphatic heterocycles. The normalized spacial score (nSPS) is 11.4. The molecule has 0 amide bonds. The Morgan fingerprint density at radius 1 is 1.08 bits per heavy atom. The van der Waals surface area contributed by atoms with Crippen molar-refractivity contribution >= 4 is 17.5 Å². The van der Waals surface area contributed by atoms with Crippen LogP contribution in [0.4, 0.5) is 17.5 Å². The summed E-state index contributed by atoms with van der Waals surface area (Å²) in [7, 11) is 0. The second-order valence-electron chi connectivity index (χ2n) is 5.23. The van der Waals surface area contributed by atoms with E-state index in [1.807, 2.05) is 12.1 Å². The molecule has 0 fully saturated rings. The predicted molar refractivity (Wildman–Crippen MR) is 94.2 cm³/mol. The summed E-state index contributed by atoms with van der Waals surface area (Å²) in [5, 5.41) is 25.2. The molecule has 25 heavy (non-hydrogen) atoms. The lowest BCUT2D eigenvalue weighted by Gasteiger charge is -2.12. The zero-order chi connectivity index (χ0) is 17.5. The van der Waals surface area contributed by atoms with Crippen molar-refractivity contribution in [1.82, 2.24) is 15.0 Å². The van der Waals surface area contributed by atoms with Crippen LogP contribution in [-0.4, -0.2) is 26.6 Å². The Hall–Kier alpha value is -3.50. The monoisotopic (exact) mass is 332 g/mol. The Bertz CT molecular complexity index is 878. The molecule has 2 heterocycles. The molecule has 3 N–H and O–H groups in total. The zero-order valence-electron chi connectivity index (χ0n) is 13.3. The fraction of sp³-hybridized carbons (Fsp3) is 0.111. The third kappa shape index (κ3) is 4.50. The van der Waals surface area contributed by atoms with Crippen molar-refractivity contribution in [3.63, 3.8) is 0 Å². The van der Waals surface area contributed by atoms with Gasteiger partial charge in [-0.1, -0.05) is 12.1 Å². The molecule has 0 radical (unpaired) electrons. The van der Waals surface area contributed by atoms with Crippen molar-refractivity contribution in [2.45, 2.75) is 6.10 Å². The highest BCUT2D eigenvalue weighted by Gasteiger charge is 2.08. The molecule has 0 bridgehead atoms. The van der Waals surface area contributed by atoms with Crippen molar-refractivity contribution in [2.24, 2.45) is 0 Å². The van der Waals surface area contributed by atoms with Gasteiger partial charge in [-0.25, -0.2) is 4.98 Å². The predicted octanol–water partition coefficient (Wildman–Crippen LogP) is 2.63. The van der Waals surface area contributed by atoms with E-state index in [0.717, 1.165) is 5.69 Å². The number of pyridine rings is 1. The average Bonchev–Trinajstić information content (AvgIpc) is 2.67. The maximum atomic E-state index is 10.1. The highest BCUT2D eigenvalue weighted by atomic mass is 16.3. The first kappa shape index (κ1) is 16.4. The SMILES string of the molecule is N#Cc1cccc(Nc2nccc(NCC(O)c3ccccn3)n2)c1. The fourth-order valence-corrected chi connectivity index (χ4v) is 2.19. The van der Waals surface area contributed by atoms with Gasteiger partial charge in [-0.15, -0.1) is 0 Å². The molecular formula is C18H16N6O. The summed E-state index contributed by atoms with van der Waals surface area (Å²) < 4.78 is 0. The molecule has 1 atom stereocenters. The van der Waals surface area contributed by atoms with Gasteiger partial charge in [0.05, 0.1) is 17.3 Å². The van der Waals surface area contributed by atoms with Crippen molar-refractivity contribution < 1.29 is 5.11 Å². The van der Waals surface area contributed by atoms with Gasteiger partial charge >= 0.3 is 0 Å². The molecule has 0 aliphatic rings. The number of aliphatic hydroxyl groups excluding tert-OH is 1. The molecule has 1 aromatic carbocycles. The van der Waals surface area contributed by atoms with E-state index >= 15 is 0 Å². The number of hydrogen-bond donors (Lipinski definition) is 3. The molecule has 2 aromatic heterocycles. The number of nitrogens with zero attached hydrogens (tertiary/aromatic N) is 4. The van der Waals surface area contributed by atoms with E-state index in [0.29, 0.717) is 23.0 Å². The van der Waals surface area contributed by atoms with Crippen LogP contribution in [0.5, 0.6) is 0 Å². The summed E-state index contributed by atoms with van der Waals surface area (Å²) in [6.45, 7) is 0.275. The van der Waals surface area contributed by atoms with Gasteiger partial charge in [-0.2, -0.15) is 10.2 Å². The number of nitriles is 1. The Morgan fingerprint density at radius 3 is 2.80 bits per heavy atom. The van der Waals surface area contributed by atoms with E-state index in [2.05, 4.69) is 31.7 Å². The van der Waals surface area contributed by atoms with Crippen LogP contribution in [0.25, 0.3) is 0 Å².